The lowest BCUT2D eigenvalue weighted by atomic mass is 9.92. The molecule has 0 radical (unpaired) electrons. The average Bonchev–Trinajstić information content (AvgIpc) is 2.78. The van der Waals surface area contributed by atoms with Gasteiger partial charge in [0.1, 0.15) is 6.10 Å². The van der Waals surface area contributed by atoms with Gasteiger partial charge in [0.2, 0.25) is 0 Å². The molecule has 1 saturated carbocycles. The van der Waals surface area contributed by atoms with Gasteiger partial charge in [0.25, 0.3) is 5.56 Å². The number of urea groups is 1. The molecule has 4 rings (SSSR count). The first-order chi connectivity index (χ1) is 15.0. The Morgan fingerprint density at radius 1 is 1.16 bits per heavy atom. The largest absolute Gasteiger partial charge is 0.485 e. The second-order valence-electron chi connectivity index (χ2n) is 8.07. The van der Waals surface area contributed by atoms with Crippen LogP contribution >= 0.6 is 0 Å². The summed E-state index contributed by atoms with van der Waals surface area (Å²) in [6, 6.07) is 6.04. The van der Waals surface area contributed by atoms with Crippen LogP contribution in [0.1, 0.15) is 25.7 Å². The van der Waals surface area contributed by atoms with Crippen LogP contribution in [-0.4, -0.2) is 58.8 Å². The Hall–Kier alpha value is -3.10. The number of nitrogens with zero attached hydrogens (tertiary/aromatic N) is 4. The molecular weight excluding hydrogens is 401 g/mol. The van der Waals surface area contributed by atoms with Crippen LogP contribution in [0.3, 0.4) is 0 Å². The number of aryl methyl sites for hydroxylation is 1. The fraction of sp³-hybridized carbons (Fsp3) is 0.500. The summed E-state index contributed by atoms with van der Waals surface area (Å²) in [5.41, 5.74) is -0.143. The number of ether oxygens (including phenoxy) is 1. The predicted octanol–water partition coefficient (Wildman–Crippen LogP) is 2.14. The Labute approximate surface area is 180 Å². The highest BCUT2D eigenvalue weighted by molar-refractivity contribution is 5.75. The summed E-state index contributed by atoms with van der Waals surface area (Å²) in [6.07, 6.45) is 6.54. The minimum atomic E-state index is -0.394. The first kappa shape index (κ1) is 21.1. The Morgan fingerprint density at radius 2 is 1.90 bits per heavy atom. The topological polar surface area (TPSA) is 79.7 Å². The van der Waals surface area contributed by atoms with Crippen molar-refractivity contribution in [1.29, 1.82) is 0 Å². The van der Waals surface area contributed by atoms with Crippen molar-refractivity contribution >= 4 is 11.8 Å². The number of rotatable bonds is 4. The van der Waals surface area contributed by atoms with E-state index in [9.17, 15) is 14.0 Å². The second kappa shape index (κ2) is 9.36. The first-order valence-electron chi connectivity index (χ1n) is 10.8. The number of benzene rings is 1. The van der Waals surface area contributed by atoms with Gasteiger partial charge < -0.3 is 24.4 Å². The number of piperazine rings is 1. The van der Waals surface area contributed by atoms with Crippen molar-refractivity contribution in [2.24, 2.45) is 7.05 Å². The van der Waals surface area contributed by atoms with E-state index in [4.69, 9.17) is 4.74 Å². The van der Waals surface area contributed by atoms with Crippen LogP contribution in [0.5, 0.6) is 5.75 Å². The molecule has 1 N–H and O–H groups in total. The van der Waals surface area contributed by atoms with E-state index in [-0.39, 0.29) is 29.5 Å². The zero-order valence-electron chi connectivity index (χ0n) is 17.7. The molecule has 31 heavy (non-hydrogen) atoms. The maximum absolute atomic E-state index is 14.0. The SMILES string of the molecule is Cn1ccnc(N2CCN(C(=O)NC3CCCCC3Oc3ccccc3F)CC2)c1=O. The molecule has 2 aromatic rings. The number of carbonyl (C=O) groups excluding carboxylic acids is 1. The highest BCUT2D eigenvalue weighted by Crippen LogP contribution is 2.26. The third-order valence-corrected chi connectivity index (χ3v) is 5.99. The highest BCUT2D eigenvalue weighted by Gasteiger charge is 2.31. The number of para-hydroxylation sites is 1. The van der Waals surface area contributed by atoms with E-state index in [1.54, 1.807) is 42.5 Å². The molecule has 1 saturated heterocycles. The zero-order chi connectivity index (χ0) is 21.8. The van der Waals surface area contributed by atoms with Gasteiger partial charge in [0.15, 0.2) is 17.4 Å². The lowest BCUT2D eigenvalue weighted by Crippen LogP contribution is -2.57. The molecular formula is C22H28FN5O3. The third kappa shape index (κ3) is 4.81. The van der Waals surface area contributed by atoms with E-state index in [1.807, 2.05) is 4.90 Å². The molecule has 1 aliphatic heterocycles. The molecule has 0 bridgehead atoms. The van der Waals surface area contributed by atoms with Gasteiger partial charge in [-0.05, 0) is 31.4 Å². The van der Waals surface area contributed by atoms with Crippen molar-refractivity contribution < 1.29 is 13.9 Å². The zero-order valence-corrected chi connectivity index (χ0v) is 17.7. The van der Waals surface area contributed by atoms with E-state index in [0.717, 1.165) is 25.7 Å². The van der Waals surface area contributed by atoms with E-state index < -0.39 is 5.82 Å². The number of aromatic nitrogens is 2. The summed E-state index contributed by atoms with van der Waals surface area (Å²) in [5, 5.41) is 3.09. The summed E-state index contributed by atoms with van der Waals surface area (Å²) in [4.78, 5) is 33.0. The smallest absolute Gasteiger partial charge is 0.317 e. The summed E-state index contributed by atoms with van der Waals surface area (Å²) < 4.78 is 21.4. The van der Waals surface area contributed by atoms with Crippen molar-refractivity contribution in [2.45, 2.75) is 37.8 Å². The fourth-order valence-electron chi connectivity index (χ4n) is 4.18. The van der Waals surface area contributed by atoms with Crippen LogP contribution in [-0.2, 0) is 7.05 Å². The molecule has 9 heteroatoms. The van der Waals surface area contributed by atoms with Crippen LogP contribution in [0.4, 0.5) is 15.0 Å². The number of amides is 2. The van der Waals surface area contributed by atoms with Gasteiger partial charge >= 0.3 is 6.03 Å². The Kier molecular flexibility index (Phi) is 6.39. The Bertz CT molecular complexity index is 974. The van der Waals surface area contributed by atoms with Crippen LogP contribution in [0.25, 0.3) is 0 Å². The maximum Gasteiger partial charge on any atom is 0.317 e. The van der Waals surface area contributed by atoms with E-state index in [0.29, 0.717) is 32.0 Å². The molecule has 2 amide bonds. The van der Waals surface area contributed by atoms with E-state index in [2.05, 4.69) is 10.3 Å². The minimum Gasteiger partial charge on any atom is -0.485 e. The van der Waals surface area contributed by atoms with Crippen LogP contribution < -0.4 is 20.5 Å². The van der Waals surface area contributed by atoms with Gasteiger partial charge in [-0.15, -0.1) is 0 Å². The number of anilines is 1. The Balaban J connectivity index is 1.35. The van der Waals surface area contributed by atoms with Crippen LogP contribution in [0.15, 0.2) is 41.5 Å². The summed E-state index contributed by atoms with van der Waals surface area (Å²) >= 11 is 0. The van der Waals surface area contributed by atoms with Crippen molar-refractivity contribution in [2.75, 3.05) is 31.1 Å². The van der Waals surface area contributed by atoms with Crippen molar-refractivity contribution in [3.63, 3.8) is 0 Å². The lowest BCUT2D eigenvalue weighted by Gasteiger charge is -2.38. The van der Waals surface area contributed by atoms with Crippen molar-refractivity contribution in [3.8, 4) is 5.75 Å². The molecule has 2 fully saturated rings. The lowest BCUT2D eigenvalue weighted by molar-refractivity contribution is 0.106. The molecule has 1 aromatic carbocycles. The molecule has 2 atom stereocenters. The van der Waals surface area contributed by atoms with Gasteiger partial charge in [0.05, 0.1) is 6.04 Å². The van der Waals surface area contributed by atoms with Crippen molar-refractivity contribution in [3.05, 3.63) is 52.8 Å². The summed E-state index contributed by atoms with van der Waals surface area (Å²) in [7, 11) is 1.70. The number of hydrogen-bond acceptors (Lipinski definition) is 5. The van der Waals surface area contributed by atoms with Gasteiger partial charge in [-0.25, -0.2) is 14.2 Å². The fourth-order valence-corrected chi connectivity index (χ4v) is 4.18. The summed E-state index contributed by atoms with van der Waals surface area (Å²) in [5.74, 6) is 0.241. The highest BCUT2D eigenvalue weighted by atomic mass is 19.1. The third-order valence-electron chi connectivity index (χ3n) is 5.99. The monoisotopic (exact) mass is 429 g/mol. The van der Waals surface area contributed by atoms with Gasteiger partial charge in [0, 0.05) is 45.6 Å². The molecule has 0 spiro atoms. The Morgan fingerprint density at radius 3 is 2.68 bits per heavy atom. The summed E-state index contributed by atoms with van der Waals surface area (Å²) in [6.45, 7) is 2.08. The number of nitrogens with one attached hydrogen (secondary N) is 1. The standard InChI is InChI=1S/C22H28FN5O3/c1-26-11-10-24-20(21(26)29)27-12-14-28(15-13-27)22(30)25-17-7-3-5-9-19(17)31-18-8-4-2-6-16(18)23/h2,4,6,8,10-11,17,19H,3,5,7,9,12-15H2,1H3,(H,25,30). The van der Waals surface area contributed by atoms with Gasteiger partial charge in [-0.2, -0.15) is 0 Å². The molecule has 2 unspecified atom stereocenters. The normalized spacial score (nSPS) is 21.6. The average molecular weight is 429 g/mol. The van der Waals surface area contributed by atoms with E-state index >= 15 is 0 Å². The molecule has 2 heterocycles. The molecule has 1 aliphatic carbocycles. The van der Waals surface area contributed by atoms with E-state index in [1.165, 1.54) is 10.6 Å². The number of hydrogen-bond donors (Lipinski definition) is 1. The quantitative estimate of drug-likeness (QED) is 0.806. The van der Waals surface area contributed by atoms with Crippen LogP contribution in [0.2, 0.25) is 0 Å². The van der Waals surface area contributed by atoms with Crippen LogP contribution in [0, 0.1) is 5.82 Å². The number of halogens is 1. The molecule has 2 aliphatic rings. The molecule has 166 valence electrons. The second-order valence-corrected chi connectivity index (χ2v) is 8.07. The van der Waals surface area contributed by atoms with Gasteiger partial charge in [-0.1, -0.05) is 18.6 Å². The maximum atomic E-state index is 14.0. The molecule has 8 nitrogen and oxygen atoms in total. The predicted molar refractivity (Wildman–Crippen MR) is 115 cm³/mol. The molecule has 1 aromatic heterocycles. The minimum absolute atomic E-state index is 0.143. The number of carbonyl (C=O) groups is 1. The first-order valence-corrected chi connectivity index (χ1v) is 10.8. The van der Waals surface area contributed by atoms with Gasteiger partial charge in [-0.3, -0.25) is 4.79 Å². The van der Waals surface area contributed by atoms with Crippen molar-refractivity contribution in [1.82, 2.24) is 19.8 Å².